The highest BCUT2D eigenvalue weighted by Gasteiger charge is 2.30. The third-order valence-electron chi connectivity index (χ3n) is 4.77. The molecule has 0 spiro atoms. The molecule has 8 heteroatoms. The number of carbonyl (C=O) groups is 1. The first-order valence-corrected chi connectivity index (χ1v) is 9.79. The van der Waals surface area contributed by atoms with Crippen LogP contribution in [0.2, 0.25) is 0 Å². The standard InChI is InChI=1S/C17H25FN2O3S.ClH/c1-12(24(22,23)16-5-3-15(18)4-6-16)11-17(21)20-9-7-14(8-10-20)13(2)19;/h3-6,12-14H,7-11,19H2,1-2H3;1H. The number of nitrogens with two attached hydrogens (primary N) is 1. The molecule has 1 heterocycles. The summed E-state index contributed by atoms with van der Waals surface area (Å²) in [5.41, 5.74) is 5.89. The van der Waals surface area contributed by atoms with E-state index in [0.717, 1.165) is 25.0 Å². The lowest BCUT2D eigenvalue weighted by Crippen LogP contribution is -2.43. The van der Waals surface area contributed by atoms with Crippen molar-refractivity contribution in [2.24, 2.45) is 11.7 Å². The van der Waals surface area contributed by atoms with Crippen molar-refractivity contribution in [2.75, 3.05) is 13.1 Å². The topological polar surface area (TPSA) is 80.5 Å². The quantitative estimate of drug-likeness (QED) is 0.780. The van der Waals surface area contributed by atoms with E-state index in [9.17, 15) is 17.6 Å². The second-order valence-electron chi connectivity index (χ2n) is 6.59. The van der Waals surface area contributed by atoms with Crippen LogP contribution in [-0.2, 0) is 14.6 Å². The van der Waals surface area contributed by atoms with Gasteiger partial charge in [-0.15, -0.1) is 12.4 Å². The zero-order chi connectivity index (χ0) is 17.9. The van der Waals surface area contributed by atoms with Gasteiger partial charge in [-0.25, -0.2) is 12.8 Å². The van der Waals surface area contributed by atoms with Crippen LogP contribution in [0, 0.1) is 11.7 Å². The van der Waals surface area contributed by atoms with E-state index in [2.05, 4.69) is 0 Å². The maximum Gasteiger partial charge on any atom is 0.223 e. The molecule has 1 aliphatic rings. The Kier molecular flexibility index (Phi) is 7.84. The number of likely N-dealkylation sites (tertiary alicyclic amines) is 1. The van der Waals surface area contributed by atoms with Gasteiger partial charge in [0.1, 0.15) is 5.82 Å². The zero-order valence-corrected chi connectivity index (χ0v) is 16.2. The van der Waals surface area contributed by atoms with Crippen molar-refractivity contribution in [2.45, 2.75) is 49.3 Å². The summed E-state index contributed by atoms with van der Waals surface area (Å²) in [4.78, 5) is 14.1. The molecule has 1 saturated heterocycles. The number of benzene rings is 1. The molecular formula is C17H26ClFN2O3S. The van der Waals surface area contributed by atoms with Crippen LogP contribution in [0.5, 0.6) is 0 Å². The molecule has 0 aliphatic carbocycles. The SMILES string of the molecule is CC(N)C1CCN(C(=O)CC(C)S(=O)(=O)c2ccc(F)cc2)CC1.Cl. The van der Waals surface area contributed by atoms with Crippen molar-refractivity contribution in [3.8, 4) is 0 Å². The van der Waals surface area contributed by atoms with Gasteiger partial charge in [0.05, 0.1) is 10.1 Å². The summed E-state index contributed by atoms with van der Waals surface area (Å²) >= 11 is 0. The number of amides is 1. The van der Waals surface area contributed by atoms with Gasteiger partial charge in [0.2, 0.25) is 5.91 Å². The van der Waals surface area contributed by atoms with E-state index < -0.39 is 20.9 Å². The number of carbonyl (C=O) groups excluding carboxylic acids is 1. The fourth-order valence-electron chi connectivity index (χ4n) is 3.02. The smallest absolute Gasteiger partial charge is 0.223 e. The van der Waals surface area contributed by atoms with E-state index in [-0.39, 0.29) is 35.7 Å². The minimum absolute atomic E-state index is 0. The second-order valence-corrected chi connectivity index (χ2v) is 8.96. The molecule has 1 aromatic rings. The molecule has 2 N–H and O–H groups in total. The lowest BCUT2D eigenvalue weighted by molar-refractivity contribution is -0.132. The number of piperidine rings is 1. The van der Waals surface area contributed by atoms with E-state index in [1.54, 1.807) is 4.90 Å². The molecule has 1 aromatic carbocycles. The van der Waals surface area contributed by atoms with E-state index in [1.165, 1.54) is 19.1 Å². The Labute approximate surface area is 155 Å². The van der Waals surface area contributed by atoms with Gasteiger partial charge in [0, 0.05) is 25.6 Å². The van der Waals surface area contributed by atoms with Gasteiger partial charge in [0.15, 0.2) is 9.84 Å². The van der Waals surface area contributed by atoms with E-state index in [1.807, 2.05) is 6.92 Å². The van der Waals surface area contributed by atoms with E-state index in [0.29, 0.717) is 19.0 Å². The minimum atomic E-state index is -3.65. The van der Waals surface area contributed by atoms with Crippen LogP contribution in [0.3, 0.4) is 0 Å². The van der Waals surface area contributed by atoms with Crippen LogP contribution in [0.15, 0.2) is 29.2 Å². The first-order valence-electron chi connectivity index (χ1n) is 8.24. The van der Waals surface area contributed by atoms with Gasteiger partial charge in [-0.2, -0.15) is 0 Å². The zero-order valence-electron chi connectivity index (χ0n) is 14.5. The first-order chi connectivity index (χ1) is 11.2. The highest BCUT2D eigenvalue weighted by molar-refractivity contribution is 7.92. The molecule has 142 valence electrons. The molecule has 2 rings (SSSR count). The maximum atomic E-state index is 13.0. The molecule has 0 aromatic heterocycles. The van der Waals surface area contributed by atoms with Gasteiger partial charge < -0.3 is 10.6 Å². The first kappa shape index (κ1) is 21.9. The average molecular weight is 393 g/mol. The average Bonchev–Trinajstić information content (AvgIpc) is 2.55. The van der Waals surface area contributed by atoms with E-state index >= 15 is 0 Å². The van der Waals surface area contributed by atoms with Crippen molar-refractivity contribution in [3.05, 3.63) is 30.1 Å². The number of hydrogen-bond acceptors (Lipinski definition) is 4. The number of rotatable bonds is 5. The Morgan fingerprint density at radius 3 is 2.24 bits per heavy atom. The van der Waals surface area contributed by atoms with Crippen molar-refractivity contribution in [1.82, 2.24) is 4.90 Å². The summed E-state index contributed by atoms with van der Waals surface area (Å²) in [7, 11) is -3.65. The van der Waals surface area contributed by atoms with Crippen LogP contribution >= 0.6 is 12.4 Å². The summed E-state index contributed by atoms with van der Waals surface area (Å²) in [5.74, 6) is -0.236. The normalized spacial score (nSPS) is 18.3. The summed E-state index contributed by atoms with van der Waals surface area (Å²) in [6.07, 6.45) is 1.63. The maximum absolute atomic E-state index is 13.0. The predicted molar refractivity (Wildman–Crippen MR) is 97.9 cm³/mol. The molecule has 2 atom stereocenters. The Bertz CT molecular complexity index is 672. The van der Waals surface area contributed by atoms with Gasteiger partial charge >= 0.3 is 0 Å². The molecule has 0 saturated carbocycles. The Hall–Kier alpha value is -1.18. The molecule has 0 radical (unpaired) electrons. The Morgan fingerprint density at radius 2 is 1.76 bits per heavy atom. The van der Waals surface area contributed by atoms with Gasteiger partial charge in [-0.05, 0) is 56.9 Å². The third-order valence-corrected chi connectivity index (χ3v) is 6.93. The molecule has 1 aliphatic heterocycles. The largest absolute Gasteiger partial charge is 0.343 e. The Balaban J connectivity index is 0.00000312. The third kappa shape index (κ3) is 5.39. The number of sulfone groups is 1. The van der Waals surface area contributed by atoms with Crippen LogP contribution in [0.1, 0.15) is 33.1 Å². The number of halogens is 2. The highest BCUT2D eigenvalue weighted by Crippen LogP contribution is 2.23. The summed E-state index contributed by atoms with van der Waals surface area (Å²) in [5, 5.41) is -0.846. The van der Waals surface area contributed by atoms with Crippen molar-refractivity contribution >= 4 is 28.2 Å². The predicted octanol–water partition coefficient (Wildman–Crippen LogP) is 2.39. The molecule has 5 nitrogen and oxygen atoms in total. The monoisotopic (exact) mass is 392 g/mol. The van der Waals surface area contributed by atoms with Gasteiger partial charge in [0.25, 0.3) is 0 Å². The Morgan fingerprint density at radius 1 is 1.24 bits per heavy atom. The molecule has 0 bridgehead atoms. The van der Waals surface area contributed by atoms with Crippen molar-refractivity contribution in [1.29, 1.82) is 0 Å². The summed E-state index contributed by atoms with van der Waals surface area (Å²) in [6, 6.07) is 4.81. The molecular weight excluding hydrogens is 367 g/mol. The van der Waals surface area contributed by atoms with Crippen LogP contribution in [0.4, 0.5) is 4.39 Å². The van der Waals surface area contributed by atoms with Crippen molar-refractivity contribution < 1.29 is 17.6 Å². The van der Waals surface area contributed by atoms with Gasteiger partial charge in [-0.1, -0.05) is 0 Å². The van der Waals surface area contributed by atoms with Crippen LogP contribution in [0.25, 0.3) is 0 Å². The molecule has 25 heavy (non-hydrogen) atoms. The highest BCUT2D eigenvalue weighted by atomic mass is 35.5. The summed E-state index contributed by atoms with van der Waals surface area (Å²) < 4.78 is 37.9. The number of nitrogens with zero attached hydrogens (tertiary/aromatic N) is 1. The van der Waals surface area contributed by atoms with E-state index in [4.69, 9.17) is 5.73 Å². The second kappa shape index (κ2) is 8.96. The van der Waals surface area contributed by atoms with Crippen molar-refractivity contribution in [3.63, 3.8) is 0 Å². The molecule has 1 fully saturated rings. The lowest BCUT2D eigenvalue weighted by Gasteiger charge is -2.34. The van der Waals surface area contributed by atoms with Crippen LogP contribution in [-0.4, -0.2) is 43.6 Å². The number of hydrogen-bond donors (Lipinski definition) is 1. The molecule has 2 unspecified atom stereocenters. The van der Waals surface area contributed by atoms with Crippen LogP contribution < -0.4 is 5.73 Å². The van der Waals surface area contributed by atoms with Gasteiger partial charge in [-0.3, -0.25) is 4.79 Å². The lowest BCUT2D eigenvalue weighted by atomic mass is 9.91. The molecule has 1 amide bonds. The fraction of sp³-hybridized carbons (Fsp3) is 0.588. The summed E-state index contributed by atoms with van der Waals surface area (Å²) in [6.45, 7) is 4.73. The minimum Gasteiger partial charge on any atom is -0.343 e. The fourth-order valence-corrected chi connectivity index (χ4v) is 4.36.